The van der Waals surface area contributed by atoms with E-state index >= 15 is 0 Å². The quantitative estimate of drug-likeness (QED) is 0.870. The Morgan fingerprint density at radius 2 is 2.29 bits per heavy atom. The average molecular weight is 333 g/mol. The lowest BCUT2D eigenvalue weighted by Gasteiger charge is -2.32. The van der Waals surface area contributed by atoms with Gasteiger partial charge >= 0.3 is 5.97 Å². The minimum Gasteiger partial charge on any atom is -0.476 e. The second-order valence-electron chi connectivity index (χ2n) is 5.87. The summed E-state index contributed by atoms with van der Waals surface area (Å²) in [4.78, 5) is 29.3. The van der Waals surface area contributed by atoms with Gasteiger partial charge in [0.25, 0.3) is 5.91 Å². The molecule has 9 nitrogen and oxygen atoms in total. The number of rotatable bonds is 5. The van der Waals surface area contributed by atoms with Gasteiger partial charge < -0.3 is 14.4 Å². The van der Waals surface area contributed by atoms with Gasteiger partial charge in [0, 0.05) is 26.1 Å². The minimum absolute atomic E-state index is 0.0751. The maximum absolute atomic E-state index is 12.6. The number of carboxylic acid groups (broad SMARTS) is 1. The van der Waals surface area contributed by atoms with E-state index in [2.05, 4.69) is 15.3 Å². The van der Waals surface area contributed by atoms with Crippen LogP contribution in [0.2, 0.25) is 0 Å². The van der Waals surface area contributed by atoms with Gasteiger partial charge in [-0.1, -0.05) is 12.1 Å². The van der Waals surface area contributed by atoms with Crippen LogP contribution < -0.4 is 0 Å². The molecule has 1 aliphatic rings. The van der Waals surface area contributed by atoms with E-state index in [1.165, 1.54) is 17.3 Å². The molecule has 0 aliphatic carbocycles. The van der Waals surface area contributed by atoms with Crippen molar-refractivity contribution in [3.63, 3.8) is 0 Å². The van der Waals surface area contributed by atoms with E-state index in [-0.39, 0.29) is 17.5 Å². The fourth-order valence-electron chi connectivity index (χ4n) is 2.99. The fraction of sp³-hybridized carbons (Fsp3) is 0.533. The van der Waals surface area contributed by atoms with Crippen molar-refractivity contribution < 1.29 is 19.1 Å². The highest BCUT2D eigenvalue weighted by Crippen LogP contribution is 2.21. The van der Waals surface area contributed by atoms with Crippen molar-refractivity contribution in [3.05, 3.63) is 29.7 Å². The standard InChI is InChI=1S/C15H19N5O4/c1-2-12-13(16-9-24-12)14(21)19-5-3-4-10(6-19)7-20-8-11(15(22)23)17-18-20/h8-10H,2-7H2,1H3,(H,22,23)/t10-/m0/s1. The van der Waals surface area contributed by atoms with Crippen LogP contribution in [0.3, 0.4) is 0 Å². The van der Waals surface area contributed by atoms with Crippen LogP contribution in [0.5, 0.6) is 0 Å². The zero-order chi connectivity index (χ0) is 17.1. The lowest BCUT2D eigenvalue weighted by atomic mass is 9.97. The summed E-state index contributed by atoms with van der Waals surface area (Å²) in [6.07, 6.45) is 5.17. The Balaban J connectivity index is 1.65. The Bertz CT molecular complexity index is 738. The van der Waals surface area contributed by atoms with Crippen molar-refractivity contribution in [1.29, 1.82) is 0 Å². The normalized spacial score (nSPS) is 17.9. The number of carbonyl (C=O) groups is 2. The summed E-state index contributed by atoms with van der Waals surface area (Å²) in [5.41, 5.74) is 0.306. The second kappa shape index (κ2) is 6.81. The summed E-state index contributed by atoms with van der Waals surface area (Å²) in [6, 6.07) is 0. The molecule has 3 rings (SSSR count). The van der Waals surface area contributed by atoms with Gasteiger partial charge in [0.05, 0.1) is 6.20 Å². The van der Waals surface area contributed by atoms with Gasteiger partial charge in [-0.05, 0) is 18.8 Å². The summed E-state index contributed by atoms with van der Waals surface area (Å²) in [5, 5.41) is 16.3. The predicted molar refractivity (Wildman–Crippen MR) is 81.5 cm³/mol. The lowest BCUT2D eigenvalue weighted by Crippen LogP contribution is -2.41. The first-order chi connectivity index (χ1) is 11.6. The number of nitrogens with zero attached hydrogens (tertiary/aromatic N) is 5. The summed E-state index contributed by atoms with van der Waals surface area (Å²) in [7, 11) is 0. The van der Waals surface area contributed by atoms with E-state index in [1.807, 2.05) is 6.92 Å². The molecule has 2 aromatic heterocycles. The minimum atomic E-state index is -1.10. The molecule has 1 saturated heterocycles. The van der Waals surface area contributed by atoms with Gasteiger partial charge in [-0.3, -0.25) is 9.48 Å². The summed E-state index contributed by atoms with van der Waals surface area (Å²) < 4.78 is 6.76. The largest absolute Gasteiger partial charge is 0.476 e. The lowest BCUT2D eigenvalue weighted by molar-refractivity contribution is 0.0651. The molecule has 0 saturated carbocycles. The van der Waals surface area contributed by atoms with Gasteiger partial charge in [0.15, 0.2) is 17.8 Å². The Hall–Kier alpha value is -2.71. The van der Waals surface area contributed by atoms with Crippen LogP contribution in [0, 0.1) is 5.92 Å². The Kier molecular flexibility index (Phi) is 4.59. The number of carbonyl (C=O) groups excluding carboxylic acids is 1. The van der Waals surface area contributed by atoms with Gasteiger partial charge in [0.1, 0.15) is 5.76 Å². The number of hydrogen-bond acceptors (Lipinski definition) is 6. The molecule has 3 heterocycles. The average Bonchev–Trinajstić information content (AvgIpc) is 3.23. The van der Waals surface area contributed by atoms with Crippen molar-refractivity contribution in [2.45, 2.75) is 32.7 Å². The molecule has 128 valence electrons. The van der Waals surface area contributed by atoms with Crippen LogP contribution in [-0.2, 0) is 13.0 Å². The van der Waals surface area contributed by atoms with Crippen molar-refractivity contribution in [1.82, 2.24) is 24.9 Å². The number of aromatic carboxylic acids is 1. The van der Waals surface area contributed by atoms with Gasteiger partial charge in [-0.15, -0.1) is 5.10 Å². The van der Waals surface area contributed by atoms with Crippen LogP contribution in [-0.4, -0.2) is 55.0 Å². The molecule has 0 spiro atoms. The topological polar surface area (TPSA) is 114 Å². The maximum Gasteiger partial charge on any atom is 0.358 e. The third-order valence-electron chi connectivity index (χ3n) is 4.17. The Morgan fingerprint density at radius 3 is 3.00 bits per heavy atom. The predicted octanol–water partition coefficient (Wildman–Crippen LogP) is 1.08. The van der Waals surface area contributed by atoms with Crippen LogP contribution in [0.4, 0.5) is 0 Å². The maximum atomic E-state index is 12.6. The molecule has 1 aliphatic heterocycles. The van der Waals surface area contributed by atoms with Crippen LogP contribution in [0.15, 0.2) is 17.0 Å². The highest BCUT2D eigenvalue weighted by molar-refractivity contribution is 5.93. The number of aromatic nitrogens is 4. The fourth-order valence-corrected chi connectivity index (χ4v) is 2.99. The highest BCUT2D eigenvalue weighted by atomic mass is 16.4. The molecule has 9 heteroatoms. The molecule has 0 unspecified atom stereocenters. The second-order valence-corrected chi connectivity index (χ2v) is 5.87. The first-order valence-corrected chi connectivity index (χ1v) is 7.93. The van der Waals surface area contributed by atoms with Gasteiger partial charge in [-0.2, -0.15) is 0 Å². The monoisotopic (exact) mass is 333 g/mol. The molecular weight excluding hydrogens is 314 g/mol. The number of piperidine rings is 1. The van der Waals surface area contributed by atoms with E-state index in [0.717, 1.165) is 12.8 Å². The molecule has 0 aromatic carbocycles. The number of likely N-dealkylation sites (tertiary alicyclic amines) is 1. The van der Waals surface area contributed by atoms with Crippen molar-refractivity contribution in [3.8, 4) is 0 Å². The smallest absolute Gasteiger partial charge is 0.358 e. The molecule has 1 fully saturated rings. The van der Waals surface area contributed by atoms with E-state index in [1.54, 1.807) is 4.90 Å². The number of aryl methyl sites for hydroxylation is 1. The van der Waals surface area contributed by atoms with Crippen LogP contribution in [0.25, 0.3) is 0 Å². The van der Waals surface area contributed by atoms with E-state index in [0.29, 0.717) is 37.5 Å². The highest BCUT2D eigenvalue weighted by Gasteiger charge is 2.28. The summed E-state index contributed by atoms with van der Waals surface area (Å²) >= 11 is 0. The SMILES string of the molecule is CCc1ocnc1C(=O)N1CCC[C@H](Cn2cc(C(=O)O)nn2)C1. The summed E-state index contributed by atoms with van der Waals surface area (Å²) in [5.74, 6) is -0.414. The van der Waals surface area contributed by atoms with Crippen molar-refractivity contribution >= 4 is 11.9 Å². The van der Waals surface area contributed by atoms with Crippen molar-refractivity contribution in [2.75, 3.05) is 13.1 Å². The first-order valence-electron chi connectivity index (χ1n) is 7.93. The zero-order valence-corrected chi connectivity index (χ0v) is 13.4. The summed E-state index contributed by atoms with van der Waals surface area (Å²) in [6.45, 7) is 3.71. The number of oxazole rings is 1. The number of carboxylic acids is 1. The molecule has 0 bridgehead atoms. The molecular formula is C15H19N5O4. The molecule has 0 radical (unpaired) electrons. The van der Waals surface area contributed by atoms with Gasteiger partial charge in [0.2, 0.25) is 0 Å². The molecule has 1 N–H and O–H groups in total. The molecule has 2 aromatic rings. The Morgan fingerprint density at radius 1 is 1.46 bits per heavy atom. The molecule has 1 atom stereocenters. The van der Waals surface area contributed by atoms with E-state index in [4.69, 9.17) is 9.52 Å². The van der Waals surface area contributed by atoms with Crippen LogP contribution in [0.1, 0.15) is 46.5 Å². The van der Waals surface area contributed by atoms with Crippen LogP contribution >= 0.6 is 0 Å². The van der Waals surface area contributed by atoms with Gasteiger partial charge in [-0.25, -0.2) is 9.78 Å². The third-order valence-corrected chi connectivity index (χ3v) is 4.17. The van der Waals surface area contributed by atoms with Crippen molar-refractivity contribution in [2.24, 2.45) is 5.92 Å². The first kappa shape index (κ1) is 16.2. The number of amides is 1. The molecule has 1 amide bonds. The van der Waals surface area contributed by atoms with E-state index < -0.39 is 5.97 Å². The third kappa shape index (κ3) is 3.29. The number of hydrogen-bond donors (Lipinski definition) is 1. The molecule has 24 heavy (non-hydrogen) atoms. The Labute approximate surface area is 138 Å². The zero-order valence-electron chi connectivity index (χ0n) is 13.4. The van der Waals surface area contributed by atoms with E-state index in [9.17, 15) is 9.59 Å².